The second-order valence-corrected chi connectivity index (χ2v) is 13.9. The van der Waals surface area contributed by atoms with Crippen LogP contribution < -0.4 is 10.1 Å². The minimum atomic E-state index is -1.81. The molecule has 0 bridgehead atoms. The number of fused-ring (bicyclic) bond motifs is 2. The van der Waals surface area contributed by atoms with Crippen LogP contribution in [0.1, 0.15) is 96.0 Å². The Morgan fingerprint density at radius 2 is 1.92 bits per heavy atom. The number of nitrogens with zero attached hydrogens (tertiary/aromatic N) is 3. The summed E-state index contributed by atoms with van der Waals surface area (Å²) in [5, 5.41) is 50.6. The molecule has 6 atom stereocenters. The molecule has 49 heavy (non-hydrogen) atoms. The monoisotopic (exact) mass is 684 g/mol. The topological polar surface area (TPSA) is 164 Å². The van der Waals surface area contributed by atoms with Crippen LogP contribution in [0.25, 0.3) is 0 Å². The first-order valence-electron chi connectivity index (χ1n) is 18.5. The molecule has 2 fully saturated rings. The Bertz CT molecular complexity index is 1350. The number of nitrogens with one attached hydrogen (secondary N) is 1. The van der Waals surface area contributed by atoms with Crippen molar-refractivity contribution in [1.82, 2.24) is 15.1 Å². The van der Waals surface area contributed by atoms with Gasteiger partial charge in [0.2, 0.25) is 11.7 Å². The van der Waals surface area contributed by atoms with Crippen molar-refractivity contribution in [3.05, 3.63) is 35.4 Å². The standard InChI is InChI=1S/C37H56N4O8/c1-3-17-41(36(46)38-16-10-19-40-18-9-13-33(40)45)32-24-30(39-48-4-2)28-22-25(11-5-7-20-42)27(12-6-8-21-43)34-29-23-26(44)14-15-31(29)49-37(32,47)35(28)34/h14-15,22-23,25,27,32,34-35,42-44,47H,3-13,16-21,24H2,1-2H3,(H,38,46). The van der Waals surface area contributed by atoms with Crippen LogP contribution in [0.15, 0.2) is 35.0 Å². The van der Waals surface area contributed by atoms with Gasteiger partial charge >= 0.3 is 6.03 Å². The first-order valence-corrected chi connectivity index (χ1v) is 18.5. The molecule has 0 aromatic heterocycles. The molecule has 272 valence electrons. The average Bonchev–Trinajstić information content (AvgIpc) is 3.50. The number of hydrogen-bond donors (Lipinski definition) is 5. The number of unbranched alkanes of at least 4 members (excludes halogenated alkanes) is 2. The second kappa shape index (κ2) is 17.0. The zero-order chi connectivity index (χ0) is 35.0. The lowest BCUT2D eigenvalue weighted by Crippen LogP contribution is -2.69. The number of benzene rings is 1. The molecule has 0 radical (unpaired) electrons. The molecule has 5 rings (SSSR count). The van der Waals surface area contributed by atoms with E-state index in [0.717, 1.165) is 49.8 Å². The molecule has 1 aromatic rings. The maximum Gasteiger partial charge on any atom is 0.317 e. The number of hydrogen-bond acceptors (Lipinski definition) is 9. The minimum absolute atomic E-state index is 0.0313. The fourth-order valence-electron chi connectivity index (χ4n) is 8.57. The van der Waals surface area contributed by atoms with Crippen LogP contribution in [-0.4, -0.2) is 106 Å². The number of carbonyl (C=O) groups excluding carboxylic acids is 2. The van der Waals surface area contributed by atoms with Gasteiger partial charge in [-0.2, -0.15) is 0 Å². The predicted octanol–water partition coefficient (Wildman–Crippen LogP) is 4.27. The van der Waals surface area contributed by atoms with Crippen molar-refractivity contribution < 1.29 is 39.6 Å². The van der Waals surface area contributed by atoms with Gasteiger partial charge in [-0.25, -0.2) is 4.79 Å². The lowest BCUT2D eigenvalue weighted by Gasteiger charge is -2.58. The summed E-state index contributed by atoms with van der Waals surface area (Å²) in [6.45, 7) is 6.51. The number of likely N-dealkylation sites (tertiary alicyclic amines) is 1. The molecule has 1 saturated carbocycles. The van der Waals surface area contributed by atoms with Gasteiger partial charge in [0.15, 0.2) is 0 Å². The smallest absolute Gasteiger partial charge is 0.317 e. The van der Waals surface area contributed by atoms with Gasteiger partial charge in [0, 0.05) is 63.7 Å². The Balaban J connectivity index is 1.55. The third kappa shape index (κ3) is 8.02. The summed E-state index contributed by atoms with van der Waals surface area (Å²) < 4.78 is 6.64. The predicted molar refractivity (Wildman–Crippen MR) is 185 cm³/mol. The Hall–Kier alpha value is -3.35. The lowest BCUT2D eigenvalue weighted by molar-refractivity contribution is -0.228. The summed E-state index contributed by atoms with van der Waals surface area (Å²) in [5.41, 5.74) is 2.31. The number of aliphatic hydroxyl groups is 3. The summed E-state index contributed by atoms with van der Waals surface area (Å²) in [7, 11) is 0. The van der Waals surface area contributed by atoms with E-state index in [-0.39, 0.29) is 55.1 Å². The molecule has 4 aliphatic rings. The van der Waals surface area contributed by atoms with Crippen LogP contribution in [0.4, 0.5) is 4.79 Å². The number of aromatic hydroxyl groups is 1. The molecule has 6 unspecified atom stereocenters. The van der Waals surface area contributed by atoms with E-state index < -0.39 is 17.7 Å². The molecular weight excluding hydrogens is 628 g/mol. The van der Waals surface area contributed by atoms with E-state index in [4.69, 9.17) is 9.57 Å². The van der Waals surface area contributed by atoms with Crippen molar-refractivity contribution in [1.29, 1.82) is 0 Å². The Morgan fingerprint density at radius 3 is 2.61 bits per heavy atom. The lowest BCUT2D eigenvalue weighted by atomic mass is 9.55. The highest BCUT2D eigenvalue weighted by Gasteiger charge is 2.64. The van der Waals surface area contributed by atoms with Crippen molar-refractivity contribution >= 4 is 17.6 Å². The molecular formula is C37H56N4O8. The van der Waals surface area contributed by atoms with Crippen LogP contribution in [0, 0.1) is 17.8 Å². The number of allylic oxidation sites excluding steroid dienone is 1. The summed E-state index contributed by atoms with van der Waals surface area (Å²) >= 11 is 0. The molecule has 2 aliphatic carbocycles. The van der Waals surface area contributed by atoms with Gasteiger partial charge in [-0.1, -0.05) is 31.0 Å². The van der Waals surface area contributed by atoms with Gasteiger partial charge in [0.05, 0.1) is 11.6 Å². The van der Waals surface area contributed by atoms with Gasteiger partial charge in [-0.15, -0.1) is 0 Å². The molecule has 1 aromatic carbocycles. The number of urea groups is 1. The summed E-state index contributed by atoms with van der Waals surface area (Å²) in [4.78, 5) is 35.3. The van der Waals surface area contributed by atoms with Crippen LogP contribution in [-0.2, 0) is 9.63 Å². The average molecular weight is 685 g/mol. The van der Waals surface area contributed by atoms with E-state index in [1.807, 2.05) is 18.7 Å². The highest BCUT2D eigenvalue weighted by atomic mass is 16.6. The van der Waals surface area contributed by atoms with E-state index in [2.05, 4.69) is 16.5 Å². The number of carbonyl (C=O) groups is 2. The van der Waals surface area contributed by atoms with Crippen LogP contribution in [0.5, 0.6) is 11.5 Å². The third-order valence-electron chi connectivity index (χ3n) is 10.7. The highest BCUT2D eigenvalue weighted by Crippen LogP contribution is 2.60. The van der Waals surface area contributed by atoms with Gasteiger partial charge < -0.3 is 45.1 Å². The maximum atomic E-state index is 14.0. The molecule has 1 saturated heterocycles. The fraction of sp³-hybridized carbons (Fsp3) is 0.703. The first-order chi connectivity index (χ1) is 23.8. The highest BCUT2D eigenvalue weighted by molar-refractivity contribution is 6.03. The largest absolute Gasteiger partial charge is 0.508 e. The molecule has 2 heterocycles. The number of ether oxygens (including phenoxy) is 1. The Morgan fingerprint density at radius 1 is 1.14 bits per heavy atom. The molecule has 12 heteroatoms. The number of aliphatic hydroxyl groups excluding tert-OH is 2. The van der Waals surface area contributed by atoms with Crippen LogP contribution >= 0.6 is 0 Å². The molecule has 0 spiro atoms. The zero-order valence-electron chi connectivity index (χ0n) is 29.2. The number of amides is 3. The van der Waals surface area contributed by atoms with Crippen LogP contribution in [0.3, 0.4) is 0 Å². The van der Waals surface area contributed by atoms with Gasteiger partial charge in [0.25, 0.3) is 0 Å². The SMILES string of the molecule is CCCN(C(=O)NCCCN1CCCC1=O)C1CC(=NOCC)C2=CC(CCCCO)C(CCCCO)C3c4cc(O)ccc4OC1(O)C23. The van der Waals surface area contributed by atoms with E-state index in [9.17, 15) is 30.0 Å². The van der Waals surface area contributed by atoms with Crippen molar-refractivity contribution in [3.63, 3.8) is 0 Å². The number of phenols is 1. The van der Waals surface area contributed by atoms with E-state index in [0.29, 0.717) is 69.8 Å². The number of phenolic OH excluding ortho intramolecular Hbond substituents is 1. The molecule has 2 aliphatic heterocycles. The Labute approximate surface area is 290 Å². The van der Waals surface area contributed by atoms with Gasteiger partial charge in [-0.05, 0) is 87.5 Å². The molecule has 3 amide bonds. The van der Waals surface area contributed by atoms with Crippen molar-refractivity contribution in [2.45, 2.75) is 102 Å². The first kappa shape index (κ1) is 36.9. The third-order valence-corrected chi connectivity index (χ3v) is 10.7. The fourth-order valence-corrected chi connectivity index (χ4v) is 8.57. The normalized spacial score (nSPS) is 28.1. The summed E-state index contributed by atoms with van der Waals surface area (Å²) in [5.74, 6) is -1.85. The summed E-state index contributed by atoms with van der Waals surface area (Å²) in [6.07, 6.45) is 9.69. The van der Waals surface area contributed by atoms with Crippen molar-refractivity contribution in [2.75, 3.05) is 46.0 Å². The number of rotatable bonds is 17. The second-order valence-electron chi connectivity index (χ2n) is 13.9. The van der Waals surface area contributed by atoms with E-state index in [1.165, 1.54) is 0 Å². The number of oxime groups is 1. The summed E-state index contributed by atoms with van der Waals surface area (Å²) in [6, 6.07) is 3.88. The van der Waals surface area contributed by atoms with E-state index >= 15 is 0 Å². The minimum Gasteiger partial charge on any atom is -0.508 e. The van der Waals surface area contributed by atoms with Gasteiger partial charge in [0.1, 0.15) is 24.1 Å². The quantitative estimate of drug-likeness (QED) is 0.120. The molecule has 5 N–H and O–H groups in total. The van der Waals surface area contributed by atoms with E-state index in [1.54, 1.807) is 23.1 Å². The zero-order valence-corrected chi connectivity index (χ0v) is 29.2. The van der Waals surface area contributed by atoms with Gasteiger partial charge in [-0.3, -0.25) is 4.79 Å². The van der Waals surface area contributed by atoms with Crippen molar-refractivity contribution in [2.24, 2.45) is 22.9 Å². The Kier molecular flexibility index (Phi) is 12.8. The van der Waals surface area contributed by atoms with Crippen molar-refractivity contribution in [3.8, 4) is 11.5 Å². The van der Waals surface area contributed by atoms with Crippen LogP contribution in [0.2, 0.25) is 0 Å². The maximum absolute atomic E-state index is 14.0. The molecule has 12 nitrogen and oxygen atoms in total.